The zero-order valence-electron chi connectivity index (χ0n) is 7.82. The van der Waals surface area contributed by atoms with Gasteiger partial charge in [-0.3, -0.25) is 0 Å². The average molecular weight is 181 g/mol. The maximum absolute atomic E-state index is 10.9. The van der Waals surface area contributed by atoms with Gasteiger partial charge in [0.15, 0.2) is 0 Å². The summed E-state index contributed by atoms with van der Waals surface area (Å²) in [4.78, 5) is 10.9. The molecule has 0 radical (unpaired) electrons. The van der Waals surface area contributed by atoms with Gasteiger partial charge in [0.1, 0.15) is 0 Å². The third kappa shape index (κ3) is 2.93. The van der Waals surface area contributed by atoms with E-state index in [9.17, 15) is 4.79 Å². The van der Waals surface area contributed by atoms with Crippen LogP contribution in [0.15, 0.2) is 23.9 Å². The van der Waals surface area contributed by atoms with Crippen molar-refractivity contribution in [3.8, 4) is 0 Å². The van der Waals surface area contributed by atoms with E-state index in [4.69, 9.17) is 5.73 Å². The van der Waals surface area contributed by atoms with E-state index < -0.39 is 0 Å². The molecule has 13 heavy (non-hydrogen) atoms. The minimum atomic E-state index is -0.368. The molecule has 3 heteroatoms. The van der Waals surface area contributed by atoms with Crippen LogP contribution in [-0.2, 0) is 9.53 Å². The number of nitrogens with two attached hydrogens (primary N) is 1. The monoisotopic (exact) mass is 181 g/mol. The molecule has 72 valence electrons. The van der Waals surface area contributed by atoms with Crippen LogP contribution in [0.3, 0.4) is 0 Å². The smallest absolute Gasteiger partial charge is 0.332 e. The first kappa shape index (κ1) is 9.84. The van der Waals surface area contributed by atoms with E-state index in [2.05, 4.69) is 16.9 Å². The van der Waals surface area contributed by atoms with Gasteiger partial charge in [-0.15, -0.1) is 0 Å². The highest BCUT2D eigenvalue weighted by molar-refractivity contribution is 5.82. The quantitative estimate of drug-likeness (QED) is 0.397. The first-order chi connectivity index (χ1) is 6.24. The Labute approximate surface area is 78.3 Å². The minimum Gasteiger partial charge on any atom is -0.466 e. The lowest BCUT2D eigenvalue weighted by atomic mass is 9.91. The van der Waals surface area contributed by atoms with Crippen molar-refractivity contribution in [1.29, 1.82) is 0 Å². The van der Waals surface area contributed by atoms with Crippen molar-refractivity contribution in [2.24, 2.45) is 11.7 Å². The minimum absolute atomic E-state index is 0.309. The summed E-state index contributed by atoms with van der Waals surface area (Å²) in [6.07, 6.45) is 8.62. The predicted octanol–water partition coefficient (Wildman–Crippen LogP) is 1.36. The number of carbonyl (C=O) groups is 1. The molecule has 1 aliphatic rings. The number of hydrogen-bond acceptors (Lipinski definition) is 3. The van der Waals surface area contributed by atoms with E-state index in [-0.39, 0.29) is 5.97 Å². The molecular formula is C10H15NO2. The number of ether oxygens (including phenoxy) is 1. The molecule has 0 fully saturated rings. The highest BCUT2D eigenvalue weighted by Gasteiger charge is 2.13. The molecule has 0 amide bonds. The molecule has 3 nitrogen and oxygen atoms in total. The molecule has 0 spiro atoms. The summed E-state index contributed by atoms with van der Waals surface area (Å²) in [5.74, 6) is -0.0591. The second kappa shape index (κ2) is 4.70. The third-order valence-corrected chi connectivity index (χ3v) is 2.23. The van der Waals surface area contributed by atoms with Gasteiger partial charge in [-0.1, -0.05) is 12.2 Å². The Kier molecular flexibility index (Phi) is 3.55. The van der Waals surface area contributed by atoms with Crippen LogP contribution in [0, 0.1) is 5.92 Å². The van der Waals surface area contributed by atoms with Gasteiger partial charge < -0.3 is 10.5 Å². The van der Waals surface area contributed by atoms with Crippen LogP contribution in [0.2, 0.25) is 0 Å². The summed E-state index contributed by atoms with van der Waals surface area (Å²) >= 11 is 0. The lowest BCUT2D eigenvalue weighted by Gasteiger charge is -2.17. The van der Waals surface area contributed by atoms with E-state index in [1.165, 1.54) is 13.2 Å². The maximum Gasteiger partial charge on any atom is 0.332 e. The molecule has 0 bridgehead atoms. The molecular weight excluding hydrogens is 166 g/mol. The van der Waals surface area contributed by atoms with Crippen LogP contribution in [0.1, 0.15) is 19.3 Å². The summed E-state index contributed by atoms with van der Waals surface area (Å²) in [7, 11) is 1.35. The second-order valence-corrected chi connectivity index (χ2v) is 3.15. The molecule has 1 unspecified atom stereocenters. The molecule has 0 aromatic heterocycles. The largest absolute Gasteiger partial charge is 0.466 e. The van der Waals surface area contributed by atoms with Gasteiger partial charge in [0.2, 0.25) is 0 Å². The first-order valence-electron chi connectivity index (χ1n) is 4.44. The highest BCUT2D eigenvalue weighted by atomic mass is 16.5. The number of allylic oxidation sites excluding steroid dienone is 3. The fourth-order valence-corrected chi connectivity index (χ4v) is 1.41. The van der Waals surface area contributed by atoms with Crippen molar-refractivity contribution in [1.82, 2.24) is 0 Å². The molecule has 2 N–H and O–H groups in total. The molecule has 0 saturated heterocycles. The molecule has 0 saturated carbocycles. The first-order valence-corrected chi connectivity index (χ1v) is 4.44. The summed E-state index contributed by atoms with van der Waals surface area (Å²) in [6.45, 7) is 0. The molecule has 0 aliphatic heterocycles. The Morgan fingerprint density at radius 3 is 2.92 bits per heavy atom. The van der Waals surface area contributed by atoms with Crippen molar-refractivity contribution in [2.45, 2.75) is 19.3 Å². The molecule has 0 heterocycles. The highest BCUT2D eigenvalue weighted by Crippen LogP contribution is 2.22. The number of methoxy groups -OCH3 is 1. The van der Waals surface area contributed by atoms with Gasteiger partial charge in [-0.25, -0.2) is 4.79 Å². The van der Waals surface area contributed by atoms with Crippen LogP contribution < -0.4 is 5.73 Å². The van der Waals surface area contributed by atoms with E-state index in [0.717, 1.165) is 19.3 Å². The SMILES string of the molecule is COC(=O)C=C(N)C1CC=CCC1. The summed E-state index contributed by atoms with van der Waals surface area (Å²) in [6, 6.07) is 0. The Hall–Kier alpha value is -1.25. The molecule has 1 atom stereocenters. The summed E-state index contributed by atoms with van der Waals surface area (Å²) in [5, 5.41) is 0. The average Bonchev–Trinajstić information content (AvgIpc) is 2.19. The van der Waals surface area contributed by atoms with Gasteiger partial charge in [0, 0.05) is 17.7 Å². The van der Waals surface area contributed by atoms with Gasteiger partial charge >= 0.3 is 5.97 Å². The van der Waals surface area contributed by atoms with E-state index in [0.29, 0.717) is 11.6 Å². The normalized spacial score (nSPS) is 22.8. The van der Waals surface area contributed by atoms with Crippen LogP contribution in [-0.4, -0.2) is 13.1 Å². The van der Waals surface area contributed by atoms with Gasteiger partial charge in [0.25, 0.3) is 0 Å². The van der Waals surface area contributed by atoms with Gasteiger partial charge in [-0.05, 0) is 19.3 Å². The standard InChI is InChI=1S/C10H15NO2/c1-13-10(12)7-9(11)8-5-3-2-4-6-8/h2-3,7-8H,4-6,11H2,1H3. The number of carbonyl (C=O) groups excluding carboxylic acids is 1. The zero-order chi connectivity index (χ0) is 9.68. The number of esters is 1. The fourth-order valence-electron chi connectivity index (χ4n) is 1.41. The number of rotatable bonds is 2. The third-order valence-electron chi connectivity index (χ3n) is 2.23. The van der Waals surface area contributed by atoms with Crippen molar-refractivity contribution in [2.75, 3.05) is 7.11 Å². The molecule has 0 aromatic rings. The van der Waals surface area contributed by atoms with Gasteiger partial charge in [0.05, 0.1) is 7.11 Å². The fraction of sp³-hybridized carbons (Fsp3) is 0.500. The Balaban J connectivity index is 2.55. The zero-order valence-corrected chi connectivity index (χ0v) is 7.82. The van der Waals surface area contributed by atoms with Gasteiger partial charge in [-0.2, -0.15) is 0 Å². The molecule has 0 aromatic carbocycles. The van der Waals surface area contributed by atoms with Crippen LogP contribution >= 0.6 is 0 Å². The second-order valence-electron chi connectivity index (χ2n) is 3.15. The van der Waals surface area contributed by atoms with Crippen LogP contribution in [0.4, 0.5) is 0 Å². The van der Waals surface area contributed by atoms with Crippen molar-refractivity contribution >= 4 is 5.97 Å². The lowest BCUT2D eigenvalue weighted by Crippen LogP contribution is -2.15. The maximum atomic E-state index is 10.9. The Bertz CT molecular complexity index is 243. The van der Waals surface area contributed by atoms with Crippen molar-refractivity contribution in [3.05, 3.63) is 23.9 Å². The number of hydrogen-bond donors (Lipinski definition) is 1. The summed E-state index contributed by atoms with van der Waals surface area (Å²) in [5.41, 5.74) is 6.39. The molecule has 1 aliphatic carbocycles. The Morgan fingerprint density at radius 2 is 2.38 bits per heavy atom. The van der Waals surface area contributed by atoms with E-state index in [1.54, 1.807) is 0 Å². The topological polar surface area (TPSA) is 52.3 Å². The van der Waals surface area contributed by atoms with Crippen LogP contribution in [0.25, 0.3) is 0 Å². The van der Waals surface area contributed by atoms with E-state index >= 15 is 0 Å². The summed E-state index contributed by atoms with van der Waals surface area (Å²) < 4.78 is 4.50. The van der Waals surface area contributed by atoms with E-state index in [1.807, 2.05) is 0 Å². The molecule has 1 rings (SSSR count). The predicted molar refractivity (Wildman–Crippen MR) is 50.8 cm³/mol. The van der Waals surface area contributed by atoms with Crippen molar-refractivity contribution < 1.29 is 9.53 Å². The van der Waals surface area contributed by atoms with Crippen LogP contribution in [0.5, 0.6) is 0 Å². The Morgan fingerprint density at radius 1 is 1.62 bits per heavy atom. The van der Waals surface area contributed by atoms with Crippen molar-refractivity contribution in [3.63, 3.8) is 0 Å². The lowest BCUT2D eigenvalue weighted by molar-refractivity contribution is -0.134.